The molecule has 6 rings (SSSR count). The maximum absolute atomic E-state index is 9.75. The Hall–Kier alpha value is -3.84. The van der Waals surface area contributed by atoms with Crippen LogP contribution in [0.5, 0.6) is 0 Å². The van der Waals surface area contributed by atoms with Gasteiger partial charge in [-0.2, -0.15) is 4.58 Å². The minimum atomic E-state index is -6.00. The Bertz CT molecular complexity index is 1900. The second-order valence-electron chi connectivity index (χ2n) is 10.7. The second kappa shape index (κ2) is 13.2. The zero-order chi connectivity index (χ0) is 30.6. The van der Waals surface area contributed by atoms with Gasteiger partial charge in [-0.15, -0.1) is 0 Å². The molecule has 0 amide bonds. The number of benzene rings is 4. The van der Waals surface area contributed by atoms with Crippen LogP contribution in [0.4, 0.5) is 23.0 Å². The van der Waals surface area contributed by atoms with Crippen molar-refractivity contribution in [2.24, 2.45) is 0 Å². The Morgan fingerprint density at radius 2 is 1.47 bits per heavy atom. The highest BCUT2D eigenvalue weighted by molar-refractivity contribution is 6.50. The molecule has 0 N–H and O–H groups in total. The summed E-state index contributed by atoms with van der Waals surface area (Å²) in [6, 6.07) is 26.4. The fourth-order valence-electron chi connectivity index (χ4n) is 5.92. The standard InChI is InChI=1S/C35H34ClN2.BF4/c1-3-5-23-37-30(28-15-7-11-25-13-9-17-32(37)34(25)28)21-19-27(36)20-22-31-29-16-8-12-26-14-10-18-33(35(26)29)38(31)24-6-4-2;2-1(3,4)5/h7-22H,3-6,23-24H2,1-2H3;/q+1;-1. The Morgan fingerprint density at radius 1 is 0.837 bits per heavy atom. The summed E-state index contributed by atoms with van der Waals surface area (Å²) in [5, 5.41) is 8.51. The number of halogens is 5. The molecule has 0 bridgehead atoms. The third-order valence-electron chi connectivity index (χ3n) is 7.75. The minimum Gasteiger partial charge on any atom is -0.418 e. The van der Waals surface area contributed by atoms with E-state index in [9.17, 15) is 17.3 Å². The van der Waals surface area contributed by atoms with Crippen molar-refractivity contribution in [2.75, 3.05) is 6.54 Å². The van der Waals surface area contributed by atoms with Crippen molar-refractivity contribution in [1.29, 1.82) is 0 Å². The van der Waals surface area contributed by atoms with Gasteiger partial charge in [-0.1, -0.05) is 92.9 Å². The molecule has 1 aliphatic rings. The van der Waals surface area contributed by atoms with Crippen molar-refractivity contribution < 1.29 is 21.8 Å². The van der Waals surface area contributed by atoms with Gasteiger partial charge in [0.25, 0.3) is 0 Å². The maximum atomic E-state index is 9.75. The van der Waals surface area contributed by atoms with Crippen LogP contribution < -0.4 is 5.35 Å². The maximum Gasteiger partial charge on any atom is 0.673 e. The topological polar surface area (TPSA) is 7.94 Å². The largest absolute Gasteiger partial charge is 0.673 e. The van der Waals surface area contributed by atoms with Gasteiger partial charge in [0.1, 0.15) is 6.54 Å². The highest BCUT2D eigenvalue weighted by Crippen LogP contribution is 2.36. The number of aromatic nitrogens is 1. The van der Waals surface area contributed by atoms with Crippen molar-refractivity contribution in [3.8, 4) is 0 Å². The third-order valence-corrected chi connectivity index (χ3v) is 8.00. The molecular weight excluding hydrogens is 571 g/mol. The van der Waals surface area contributed by atoms with Crippen LogP contribution in [-0.4, -0.2) is 28.7 Å². The Labute approximate surface area is 254 Å². The van der Waals surface area contributed by atoms with E-state index in [1.165, 1.54) is 54.8 Å². The van der Waals surface area contributed by atoms with Crippen LogP contribution in [0.2, 0.25) is 0 Å². The third kappa shape index (κ3) is 6.72. The van der Waals surface area contributed by atoms with Gasteiger partial charge in [-0.3, -0.25) is 0 Å². The Kier molecular flexibility index (Phi) is 9.41. The van der Waals surface area contributed by atoms with Gasteiger partial charge in [0.2, 0.25) is 11.4 Å². The van der Waals surface area contributed by atoms with E-state index >= 15 is 0 Å². The van der Waals surface area contributed by atoms with Crippen molar-refractivity contribution in [2.45, 2.75) is 46.1 Å². The molecule has 43 heavy (non-hydrogen) atoms. The first-order chi connectivity index (χ1) is 20.7. The fraction of sp³-hybridized carbons (Fsp3) is 0.229. The molecule has 1 aliphatic heterocycles. The van der Waals surface area contributed by atoms with E-state index in [4.69, 9.17) is 11.6 Å². The first-order valence-electron chi connectivity index (χ1n) is 14.8. The molecule has 0 aliphatic carbocycles. The summed E-state index contributed by atoms with van der Waals surface area (Å²) in [6.45, 7) is 6.50. The van der Waals surface area contributed by atoms with E-state index in [2.05, 4.69) is 120 Å². The molecule has 222 valence electrons. The molecule has 0 saturated carbocycles. The summed E-state index contributed by atoms with van der Waals surface area (Å²) in [4.78, 5) is 0. The highest BCUT2D eigenvalue weighted by Gasteiger charge is 2.29. The predicted molar refractivity (Wildman–Crippen MR) is 175 cm³/mol. The monoisotopic (exact) mass is 604 g/mol. The number of allylic oxidation sites excluding steroid dienone is 4. The lowest BCUT2D eigenvalue weighted by molar-refractivity contribution is -0.436. The molecule has 0 atom stereocenters. The molecule has 2 nitrogen and oxygen atoms in total. The van der Waals surface area contributed by atoms with E-state index in [1.54, 1.807) is 0 Å². The Balaban J connectivity index is 0.000000682. The normalized spacial score (nSPS) is 14.1. The van der Waals surface area contributed by atoms with Crippen LogP contribution in [0.1, 0.15) is 45.1 Å². The summed E-state index contributed by atoms with van der Waals surface area (Å²) in [5.41, 5.74) is 5.12. The molecule has 0 radical (unpaired) electrons. The fourth-order valence-corrected chi connectivity index (χ4v) is 6.04. The van der Waals surface area contributed by atoms with Crippen LogP contribution in [0.3, 0.4) is 0 Å². The first kappa shape index (κ1) is 30.6. The average molecular weight is 605 g/mol. The molecule has 5 aromatic rings. The molecule has 2 heterocycles. The lowest BCUT2D eigenvalue weighted by Gasteiger charge is -2.05. The van der Waals surface area contributed by atoms with Gasteiger partial charge in [0, 0.05) is 51.8 Å². The van der Waals surface area contributed by atoms with E-state index in [-0.39, 0.29) is 0 Å². The minimum absolute atomic E-state index is 0.724. The molecule has 0 spiro atoms. The van der Waals surface area contributed by atoms with Crippen LogP contribution >= 0.6 is 11.6 Å². The summed E-state index contributed by atoms with van der Waals surface area (Å²) in [6.07, 6.45) is 13.1. The van der Waals surface area contributed by atoms with E-state index in [0.717, 1.165) is 43.8 Å². The summed E-state index contributed by atoms with van der Waals surface area (Å²) < 4.78 is 43.9. The molecule has 0 unspecified atom stereocenters. The van der Waals surface area contributed by atoms with Gasteiger partial charge in [-0.25, -0.2) is 0 Å². The first-order valence-corrected chi connectivity index (χ1v) is 15.2. The van der Waals surface area contributed by atoms with Crippen LogP contribution in [-0.2, 0) is 6.54 Å². The lowest BCUT2D eigenvalue weighted by Crippen LogP contribution is -2.16. The Morgan fingerprint density at radius 3 is 2.16 bits per heavy atom. The quantitative estimate of drug-likeness (QED) is 0.0685. The van der Waals surface area contributed by atoms with Gasteiger partial charge < -0.3 is 21.8 Å². The molecule has 4 aromatic carbocycles. The number of aryl methyl sites for hydroxylation is 1. The SMILES string of the molecule is CCCCn1\c(=C/C=C(Cl)/C=C/C2=[N+](CCCC)c3cccc4cccc2c34)c2cccc3cccc1c32.F[B-](F)(F)F. The van der Waals surface area contributed by atoms with Crippen LogP contribution in [0.15, 0.2) is 96.1 Å². The molecule has 8 heteroatoms. The smallest absolute Gasteiger partial charge is 0.418 e. The molecule has 0 fully saturated rings. The number of unbranched alkanes of at least 4 members (excludes halogenated alkanes) is 2. The zero-order valence-corrected chi connectivity index (χ0v) is 25.1. The van der Waals surface area contributed by atoms with Crippen molar-refractivity contribution in [3.63, 3.8) is 0 Å². The van der Waals surface area contributed by atoms with E-state index in [1.807, 2.05) is 0 Å². The van der Waals surface area contributed by atoms with E-state index in [0.29, 0.717) is 0 Å². The summed E-state index contributed by atoms with van der Waals surface area (Å²) in [7, 11) is -6.00. The number of nitrogens with zero attached hydrogens (tertiary/aromatic N) is 2. The van der Waals surface area contributed by atoms with Crippen molar-refractivity contribution in [3.05, 3.63) is 107 Å². The highest BCUT2D eigenvalue weighted by atomic mass is 35.5. The molecular formula is C35H34BClF4N2. The lowest BCUT2D eigenvalue weighted by atomic mass is 10.0. The molecule has 1 aromatic heterocycles. The van der Waals surface area contributed by atoms with Crippen LogP contribution in [0, 0.1) is 0 Å². The van der Waals surface area contributed by atoms with Crippen molar-refractivity contribution >= 4 is 68.8 Å². The van der Waals surface area contributed by atoms with Gasteiger partial charge in [0.05, 0.1) is 10.9 Å². The number of hydrogen-bond acceptors (Lipinski definition) is 0. The predicted octanol–water partition coefficient (Wildman–Crippen LogP) is 10.2. The number of hydrogen-bond donors (Lipinski definition) is 0. The van der Waals surface area contributed by atoms with Crippen LogP contribution in [0.25, 0.3) is 38.5 Å². The zero-order valence-electron chi connectivity index (χ0n) is 24.3. The average Bonchev–Trinajstić information content (AvgIpc) is 3.46. The van der Waals surface area contributed by atoms with Gasteiger partial charge in [0.15, 0.2) is 0 Å². The van der Waals surface area contributed by atoms with Crippen molar-refractivity contribution in [1.82, 2.24) is 4.57 Å². The van der Waals surface area contributed by atoms with Gasteiger partial charge >= 0.3 is 7.25 Å². The summed E-state index contributed by atoms with van der Waals surface area (Å²) >= 11 is 6.85. The summed E-state index contributed by atoms with van der Waals surface area (Å²) in [5.74, 6) is 0. The second-order valence-corrected chi connectivity index (χ2v) is 11.1. The number of rotatable bonds is 9. The van der Waals surface area contributed by atoms with Gasteiger partial charge in [-0.05, 0) is 47.6 Å². The van der Waals surface area contributed by atoms with E-state index < -0.39 is 7.25 Å². The molecule has 0 saturated heterocycles.